The van der Waals surface area contributed by atoms with E-state index in [9.17, 15) is 4.79 Å². The summed E-state index contributed by atoms with van der Waals surface area (Å²) in [5, 5.41) is 8.67. The second-order valence-electron chi connectivity index (χ2n) is 8.60. The number of carbonyl (C=O) groups excluding carboxylic acids is 1. The van der Waals surface area contributed by atoms with Crippen LogP contribution in [0.1, 0.15) is 76.2 Å². The van der Waals surface area contributed by atoms with Gasteiger partial charge in [-0.3, -0.25) is 4.79 Å². The number of piperidine rings is 1. The number of hydrogen-bond acceptors (Lipinski definition) is 6. The van der Waals surface area contributed by atoms with E-state index in [2.05, 4.69) is 43.1 Å². The van der Waals surface area contributed by atoms with Crippen molar-refractivity contribution < 1.29 is 9.53 Å². The van der Waals surface area contributed by atoms with Gasteiger partial charge < -0.3 is 15.5 Å². The second kappa shape index (κ2) is 10.4. The summed E-state index contributed by atoms with van der Waals surface area (Å²) in [6.45, 7) is 11.5. The molecule has 2 heterocycles. The van der Waals surface area contributed by atoms with E-state index in [0.29, 0.717) is 22.9 Å². The summed E-state index contributed by atoms with van der Waals surface area (Å²) in [5.74, 6) is 8.12. The zero-order valence-electron chi connectivity index (χ0n) is 19.3. The highest BCUT2D eigenvalue weighted by atomic mass is 32.2. The molecule has 170 valence electrons. The van der Waals surface area contributed by atoms with Gasteiger partial charge in [0.1, 0.15) is 12.4 Å². The highest BCUT2D eigenvalue weighted by molar-refractivity contribution is 8.00. The number of benzene rings is 1. The molecule has 0 spiro atoms. The molecule has 1 aromatic heterocycles. The third-order valence-electron chi connectivity index (χ3n) is 5.89. The average molecular weight is 446 g/mol. The standard InChI is InChI=1S/C23H35N5O2S/c1-6-18-9-7-8-12-27(18)22(29)17(5)31-23-26-25-21(28(23)24)14-30-20-13-16(4)10-11-19(20)15(2)3/h10-11,13,15,17-18H,6-9,12,14,24H2,1-5H3. The van der Waals surface area contributed by atoms with E-state index in [4.69, 9.17) is 10.6 Å². The lowest BCUT2D eigenvalue weighted by Crippen LogP contribution is -2.46. The lowest BCUT2D eigenvalue weighted by Gasteiger charge is -2.36. The van der Waals surface area contributed by atoms with Gasteiger partial charge in [-0.15, -0.1) is 10.2 Å². The monoisotopic (exact) mass is 445 g/mol. The molecule has 1 aliphatic heterocycles. The van der Waals surface area contributed by atoms with E-state index < -0.39 is 0 Å². The number of nitrogens with zero attached hydrogens (tertiary/aromatic N) is 4. The van der Waals surface area contributed by atoms with Gasteiger partial charge in [-0.2, -0.15) is 0 Å². The molecule has 8 heteroatoms. The normalized spacial score (nSPS) is 17.7. The summed E-state index contributed by atoms with van der Waals surface area (Å²) in [7, 11) is 0. The number of carbonyl (C=O) groups is 1. The number of rotatable bonds is 8. The number of aromatic nitrogens is 3. The molecule has 7 nitrogen and oxygen atoms in total. The van der Waals surface area contributed by atoms with Gasteiger partial charge in [-0.1, -0.05) is 44.7 Å². The molecule has 0 aliphatic carbocycles. The Morgan fingerprint density at radius 3 is 2.77 bits per heavy atom. The van der Waals surface area contributed by atoms with Crippen LogP contribution in [-0.4, -0.2) is 43.5 Å². The fourth-order valence-electron chi connectivity index (χ4n) is 4.03. The molecule has 1 saturated heterocycles. The van der Waals surface area contributed by atoms with E-state index in [1.165, 1.54) is 22.9 Å². The Morgan fingerprint density at radius 2 is 2.06 bits per heavy atom. The van der Waals surface area contributed by atoms with Gasteiger partial charge in [0, 0.05) is 12.6 Å². The van der Waals surface area contributed by atoms with Gasteiger partial charge >= 0.3 is 0 Å². The van der Waals surface area contributed by atoms with Crippen molar-refractivity contribution in [3.05, 3.63) is 35.2 Å². The first-order valence-corrected chi connectivity index (χ1v) is 12.1. The first kappa shape index (κ1) is 23.4. The number of nitrogen functional groups attached to an aromatic ring is 1. The predicted octanol–water partition coefficient (Wildman–Crippen LogP) is 4.27. The Bertz CT molecular complexity index is 898. The molecule has 2 aromatic rings. The van der Waals surface area contributed by atoms with Crippen LogP contribution in [0.4, 0.5) is 0 Å². The number of nitrogens with two attached hydrogens (primary N) is 1. The number of aryl methyl sites for hydroxylation is 1. The lowest BCUT2D eigenvalue weighted by molar-refractivity contribution is -0.134. The van der Waals surface area contributed by atoms with Crippen LogP contribution in [0.15, 0.2) is 23.4 Å². The zero-order chi connectivity index (χ0) is 22.5. The Balaban J connectivity index is 1.65. The van der Waals surface area contributed by atoms with Crippen molar-refractivity contribution in [1.29, 1.82) is 0 Å². The summed E-state index contributed by atoms with van der Waals surface area (Å²) < 4.78 is 7.49. The van der Waals surface area contributed by atoms with Crippen LogP contribution in [0.2, 0.25) is 0 Å². The Kier molecular flexibility index (Phi) is 7.86. The van der Waals surface area contributed by atoms with Gasteiger partial charge in [0.2, 0.25) is 11.1 Å². The summed E-state index contributed by atoms with van der Waals surface area (Å²) in [4.78, 5) is 15.1. The molecular formula is C23H35N5O2S. The highest BCUT2D eigenvalue weighted by Gasteiger charge is 2.30. The number of thioether (sulfide) groups is 1. The van der Waals surface area contributed by atoms with Gasteiger partial charge in [0.15, 0.2) is 5.82 Å². The maximum Gasteiger partial charge on any atom is 0.236 e. The largest absolute Gasteiger partial charge is 0.485 e. The van der Waals surface area contributed by atoms with Crippen molar-refractivity contribution in [2.45, 2.75) is 89.3 Å². The molecule has 0 saturated carbocycles. The molecule has 31 heavy (non-hydrogen) atoms. The molecule has 2 atom stereocenters. The first-order valence-electron chi connectivity index (χ1n) is 11.2. The molecule has 1 amide bonds. The highest BCUT2D eigenvalue weighted by Crippen LogP contribution is 2.29. The molecule has 3 rings (SSSR count). The van der Waals surface area contributed by atoms with Crippen LogP contribution in [0.3, 0.4) is 0 Å². The summed E-state index contributed by atoms with van der Waals surface area (Å²) in [6.07, 6.45) is 4.36. The topological polar surface area (TPSA) is 86.3 Å². The number of likely N-dealkylation sites (tertiary alicyclic amines) is 1. The number of hydrogen-bond donors (Lipinski definition) is 1. The molecule has 1 fully saturated rings. The van der Waals surface area contributed by atoms with E-state index in [1.807, 2.05) is 24.8 Å². The maximum absolute atomic E-state index is 13.0. The Morgan fingerprint density at radius 1 is 1.29 bits per heavy atom. The molecule has 0 radical (unpaired) electrons. The van der Waals surface area contributed by atoms with Crippen molar-refractivity contribution in [1.82, 2.24) is 19.8 Å². The van der Waals surface area contributed by atoms with Crippen molar-refractivity contribution in [2.75, 3.05) is 12.4 Å². The molecule has 1 aromatic carbocycles. The number of ether oxygens (including phenoxy) is 1. The van der Waals surface area contributed by atoms with E-state index >= 15 is 0 Å². The molecule has 1 aliphatic rings. The average Bonchev–Trinajstić information content (AvgIpc) is 3.10. The zero-order valence-corrected chi connectivity index (χ0v) is 20.1. The van der Waals surface area contributed by atoms with Crippen LogP contribution in [0, 0.1) is 6.92 Å². The minimum Gasteiger partial charge on any atom is -0.485 e. The molecular weight excluding hydrogens is 410 g/mol. The van der Waals surface area contributed by atoms with Gasteiger partial charge in [-0.05, 0) is 62.6 Å². The third kappa shape index (κ3) is 5.53. The third-order valence-corrected chi connectivity index (χ3v) is 6.94. The Labute approximate surface area is 189 Å². The molecule has 0 bridgehead atoms. The molecule has 2 unspecified atom stereocenters. The van der Waals surface area contributed by atoms with Gasteiger partial charge in [0.05, 0.1) is 5.25 Å². The first-order chi connectivity index (χ1) is 14.8. The fourth-order valence-corrected chi connectivity index (χ4v) is 4.89. The van der Waals surface area contributed by atoms with Crippen LogP contribution >= 0.6 is 11.8 Å². The van der Waals surface area contributed by atoms with Gasteiger partial charge in [-0.25, -0.2) is 4.68 Å². The second-order valence-corrected chi connectivity index (χ2v) is 9.91. The summed E-state index contributed by atoms with van der Waals surface area (Å²) >= 11 is 1.36. The smallest absolute Gasteiger partial charge is 0.236 e. The van der Waals surface area contributed by atoms with Crippen LogP contribution < -0.4 is 10.6 Å². The summed E-state index contributed by atoms with van der Waals surface area (Å²) in [6, 6.07) is 6.56. The Hall–Kier alpha value is -2.22. The summed E-state index contributed by atoms with van der Waals surface area (Å²) in [5.41, 5.74) is 2.29. The maximum atomic E-state index is 13.0. The minimum absolute atomic E-state index is 0.152. The number of amides is 1. The predicted molar refractivity (Wildman–Crippen MR) is 125 cm³/mol. The van der Waals surface area contributed by atoms with Crippen molar-refractivity contribution >= 4 is 17.7 Å². The van der Waals surface area contributed by atoms with E-state index in [1.54, 1.807) is 0 Å². The molecule has 2 N–H and O–H groups in total. The SMILES string of the molecule is CCC1CCCCN1C(=O)C(C)Sc1nnc(COc2cc(C)ccc2C(C)C)n1N. The van der Waals surface area contributed by atoms with Crippen LogP contribution in [-0.2, 0) is 11.4 Å². The van der Waals surface area contributed by atoms with Crippen molar-refractivity contribution in [3.63, 3.8) is 0 Å². The lowest BCUT2D eigenvalue weighted by atomic mass is 10.00. The van der Waals surface area contributed by atoms with Crippen molar-refractivity contribution in [2.24, 2.45) is 0 Å². The fraction of sp³-hybridized carbons (Fsp3) is 0.609. The van der Waals surface area contributed by atoms with E-state index in [0.717, 1.165) is 42.7 Å². The van der Waals surface area contributed by atoms with Crippen LogP contribution in [0.5, 0.6) is 5.75 Å². The quantitative estimate of drug-likeness (QED) is 0.482. The van der Waals surface area contributed by atoms with Gasteiger partial charge in [0.25, 0.3) is 0 Å². The van der Waals surface area contributed by atoms with Crippen LogP contribution in [0.25, 0.3) is 0 Å². The minimum atomic E-state index is -0.267. The van der Waals surface area contributed by atoms with E-state index in [-0.39, 0.29) is 17.8 Å². The van der Waals surface area contributed by atoms with Crippen molar-refractivity contribution in [3.8, 4) is 5.75 Å².